The first-order chi connectivity index (χ1) is 12.3. The number of carbonyl (C=O) groups excluding carboxylic acids is 1. The molecule has 26 heavy (non-hydrogen) atoms. The van der Waals surface area contributed by atoms with E-state index in [4.69, 9.17) is 11.6 Å². The average molecular weight is 393 g/mol. The first kappa shape index (κ1) is 20.8. The van der Waals surface area contributed by atoms with E-state index in [9.17, 15) is 4.79 Å². The van der Waals surface area contributed by atoms with E-state index in [1.54, 1.807) is 0 Å². The number of hydrogen-bond acceptors (Lipinski definition) is 2. The maximum atomic E-state index is 12.4. The Balaban J connectivity index is 0.00000243. The molecule has 0 N–H and O–H groups in total. The molecule has 0 radical (unpaired) electrons. The number of anilines is 1. The fourth-order valence-electron chi connectivity index (χ4n) is 3.54. The molecular formula is C21H26Cl2N2O. The predicted molar refractivity (Wildman–Crippen MR) is 112 cm³/mol. The SMILES string of the molecule is Cl.O=C(CCl)N(c1ccccc1)C1CCN(CCc2ccccc2)CC1. The van der Waals surface area contributed by atoms with Gasteiger partial charge in [-0.05, 0) is 37.0 Å². The van der Waals surface area contributed by atoms with Gasteiger partial charge in [0.25, 0.3) is 0 Å². The summed E-state index contributed by atoms with van der Waals surface area (Å²) in [6.07, 6.45) is 3.06. The predicted octanol–water partition coefficient (Wildman–Crippen LogP) is 4.39. The highest BCUT2D eigenvalue weighted by atomic mass is 35.5. The molecule has 2 aromatic carbocycles. The molecule has 2 aromatic rings. The zero-order valence-corrected chi connectivity index (χ0v) is 16.5. The summed E-state index contributed by atoms with van der Waals surface area (Å²) in [4.78, 5) is 16.8. The zero-order valence-electron chi connectivity index (χ0n) is 14.9. The van der Waals surface area contributed by atoms with Gasteiger partial charge in [0.15, 0.2) is 0 Å². The van der Waals surface area contributed by atoms with Crippen LogP contribution in [0.5, 0.6) is 0 Å². The molecule has 1 saturated heterocycles. The largest absolute Gasteiger partial charge is 0.308 e. The third kappa shape index (κ3) is 5.47. The number of carbonyl (C=O) groups is 1. The second-order valence-corrected chi connectivity index (χ2v) is 6.81. The van der Waals surface area contributed by atoms with Crippen LogP contribution in [0.3, 0.4) is 0 Å². The van der Waals surface area contributed by atoms with E-state index in [0.29, 0.717) is 0 Å². The van der Waals surface area contributed by atoms with Crippen molar-refractivity contribution in [3.05, 3.63) is 66.2 Å². The Kier molecular flexibility index (Phi) is 8.43. The summed E-state index contributed by atoms with van der Waals surface area (Å²) < 4.78 is 0. The van der Waals surface area contributed by atoms with E-state index in [1.807, 2.05) is 35.2 Å². The number of hydrogen-bond donors (Lipinski definition) is 0. The second kappa shape index (κ2) is 10.6. The molecule has 0 spiro atoms. The topological polar surface area (TPSA) is 23.6 Å². The molecule has 5 heteroatoms. The lowest BCUT2D eigenvalue weighted by Crippen LogP contribution is -2.48. The van der Waals surface area contributed by atoms with Crippen LogP contribution in [0.2, 0.25) is 0 Å². The van der Waals surface area contributed by atoms with E-state index in [0.717, 1.165) is 44.6 Å². The molecule has 1 aliphatic heterocycles. The molecule has 0 aromatic heterocycles. The van der Waals surface area contributed by atoms with Crippen molar-refractivity contribution in [2.75, 3.05) is 30.4 Å². The Hall–Kier alpha value is -1.55. The molecule has 0 aliphatic carbocycles. The summed E-state index contributed by atoms with van der Waals surface area (Å²) >= 11 is 5.86. The van der Waals surface area contributed by atoms with Crippen LogP contribution in [0.25, 0.3) is 0 Å². The number of nitrogens with zero attached hydrogens (tertiary/aromatic N) is 2. The Morgan fingerprint density at radius 2 is 1.58 bits per heavy atom. The van der Waals surface area contributed by atoms with Crippen molar-refractivity contribution in [2.45, 2.75) is 25.3 Å². The fraction of sp³-hybridized carbons (Fsp3) is 0.381. The van der Waals surface area contributed by atoms with Gasteiger partial charge in [0.1, 0.15) is 5.88 Å². The van der Waals surface area contributed by atoms with Gasteiger partial charge in [0, 0.05) is 31.4 Å². The molecule has 0 atom stereocenters. The number of alkyl halides is 1. The van der Waals surface area contributed by atoms with Crippen LogP contribution in [-0.2, 0) is 11.2 Å². The molecule has 0 bridgehead atoms. The minimum absolute atomic E-state index is 0. The highest BCUT2D eigenvalue weighted by Gasteiger charge is 2.28. The van der Waals surface area contributed by atoms with Gasteiger partial charge in [-0.1, -0.05) is 48.5 Å². The van der Waals surface area contributed by atoms with Gasteiger partial charge in [-0.3, -0.25) is 4.79 Å². The Morgan fingerprint density at radius 1 is 1.00 bits per heavy atom. The van der Waals surface area contributed by atoms with Crippen molar-refractivity contribution < 1.29 is 4.79 Å². The standard InChI is InChI=1S/C21H25ClN2O.ClH/c22-17-21(25)24(19-9-5-2-6-10-19)20-12-15-23(16-13-20)14-11-18-7-3-1-4-8-18;/h1-10,20H,11-17H2;1H. The first-order valence-corrected chi connectivity index (χ1v) is 9.50. The van der Waals surface area contributed by atoms with Crippen molar-refractivity contribution in [2.24, 2.45) is 0 Å². The summed E-state index contributed by atoms with van der Waals surface area (Å²) in [6, 6.07) is 20.7. The molecule has 1 aliphatic rings. The molecule has 1 amide bonds. The maximum absolute atomic E-state index is 12.4. The minimum atomic E-state index is -0.00407. The molecule has 0 saturated carbocycles. The average Bonchev–Trinajstić information content (AvgIpc) is 2.69. The Bertz CT molecular complexity index is 658. The molecule has 140 valence electrons. The lowest BCUT2D eigenvalue weighted by atomic mass is 10.0. The lowest BCUT2D eigenvalue weighted by Gasteiger charge is -2.38. The van der Waals surface area contributed by atoms with E-state index in [1.165, 1.54) is 5.56 Å². The van der Waals surface area contributed by atoms with Crippen molar-refractivity contribution in [3.8, 4) is 0 Å². The number of piperidine rings is 1. The maximum Gasteiger partial charge on any atom is 0.242 e. The van der Waals surface area contributed by atoms with Gasteiger partial charge in [0.05, 0.1) is 0 Å². The van der Waals surface area contributed by atoms with Crippen LogP contribution < -0.4 is 4.90 Å². The van der Waals surface area contributed by atoms with Gasteiger partial charge in [-0.2, -0.15) is 0 Å². The van der Waals surface area contributed by atoms with Crippen molar-refractivity contribution >= 4 is 35.6 Å². The van der Waals surface area contributed by atoms with Crippen molar-refractivity contribution in [3.63, 3.8) is 0 Å². The second-order valence-electron chi connectivity index (χ2n) is 6.54. The molecule has 1 heterocycles. The number of likely N-dealkylation sites (tertiary alicyclic amines) is 1. The Labute approximate surface area is 167 Å². The molecule has 3 rings (SSSR count). The van der Waals surface area contributed by atoms with E-state index >= 15 is 0 Å². The van der Waals surface area contributed by atoms with Crippen LogP contribution in [0.15, 0.2) is 60.7 Å². The number of para-hydroxylation sites is 1. The van der Waals surface area contributed by atoms with Crippen molar-refractivity contribution in [1.29, 1.82) is 0 Å². The summed E-state index contributed by atoms with van der Waals surface area (Å²) in [6.45, 7) is 3.12. The summed E-state index contributed by atoms with van der Waals surface area (Å²) in [7, 11) is 0. The number of rotatable bonds is 6. The summed E-state index contributed by atoms with van der Waals surface area (Å²) in [5.41, 5.74) is 2.34. The van der Waals surface area contributed by atoms with Gasteiger partial charge in [0.2, 0.25) is 5.91 Å². The number of halogens is 2. The van der Waals surface area contributed by atoms with Gasteiger partial charge < -0.3 is 9.80 Å². The zero-order chi connectivity index (χ0) is 17.5. The quantitative estimate of drug-likeness (QED) is 0.680. The van der Waals surface area contributed by atoms with Crippen LogP contribution in [0.4, 0.5) is 5.69 Å². The highest BCUT2D eigenvalue weighted by molar-refractivity contribution is 6.29. The smallest absolute Gasteiger partial charge is 0.242 e. The van der Waals surface area contributed by atoms with E-state index in [-0.39, 0.29) is 30.2 Å². The third-order valence-electron chi connectivity index (χ3n) is 4.90. The normalized spacial score (nSPS) is 15.3. The minimum Gasteiger partial charge on any atom is -0.308 e. The molecule has 3 nitrogen and oxygen atoms in total. The monoisotopic (exact) mass is 392 g/mol. The van der Waals surface area contributed by atoms with E-state index < -0.39 is 0 Å². The third-order valence-corrected chi connectivity index (χ3v) is 5.13. The van der Waals surface area contributed by atoms with Gasteiger partial charge >= 0.3 is 0 Å². The van der Waals surface area contributed by atoms with E-state index in [2.05, 4.69) is 35.2 Å². The number of amides is 1. The van der Waals surface area contributed by atoms with Crippen LogP contribution in [-0.4, -0.2) is 42.4 Å². The molecule has 1 fully saturated rings. The highest BCUT2D eigenvalue weighted by Crippen LogP contribution is 2.24. The van der Waals surface area contributed by atoms with Crippen LogP contribution in [0.1, 0.15) is 18.4 Å². The number of benzene rings is 2. The van der Waals surface area contributed by atoms with Crippen LogP contribution in [0, 0.1) is 0 Å². The first-order valence-electron chi connectivity index (χ1n) is 8.97. The lowest BCUT2D eigenvalue weighted by molar-refractivity contribution is -0.117. The summed E-state index contributed by atoms with van der Waals surface area (Å²) in [5.74, 6) is 0.0268. The molecular weight excluding hydrogens is 367 g/mol. The van der Waals surface area contributed by atoms with Crippen LogP contribution >= 0.6 is 24.0 Å². The summed E-state index contributed by atoms with van der Waals surface area (Å²) in [5, 5.41) is 0. The Morgan fingerprint density at radius 3 is 2.15 bits per heavy atom. The van der Waals surface area contributed by atoms with Gasteiger partial charge in [-0.25, -0.2) is 0 Å². The fourth-order valence-corrected chi connectivity index (χ4v) is 3.67. The van der Waals surface area contributed by atoms with Gasteiger partial charge in [-0.15, -0.1) is 24.0 Å². The molecule has 0 unspecified atom stereocenters. The van der Waals surface area contributed by atoms with Crippen molar-refractivity contribution in [1.82, 2.24) is 4.90 Å².